The number of fused-ring (bicyclic) bond motifs is 8. The molecule has 35 heavy (non-hydrogen) atoms. The molecule has 4 heterocycles. The summed E-state index contributed by atoms with van der Waals surface area (Å²) in [6.07, 6.45) is 6.36. The smallest absolute Gasteiger partial charge is 0.342 e. The molecule has 6 rings (SSSR count). The topological polar surface area (TPSA) is 110 Å². The normalized spacial score (nSPS) is 26.9. The summed E-state index contributed by atoms with van der Waals surface area (Å²) in [6.45, 7) is -3.14. The Morgan fingerprint density at radius 2 is 2.09 bits per heavy atom. The fraction of sp³-hybridized carbons (Fsp3) is 0.292. The molecule has 2 unspecified atom stereocenters. The maximum absolute atomic E-state index is 14.0. The Bertz CT molecular complexity index is 1540. The molecule has 3 aromatic rings. The van der Waals surface area contributed by atoms with Gasteiger partial charge in [0.2, 0.25) is 0 Å². The number of benzene rings is 1. The van der Waals surface area contributed by atoms with Crippen molar-refractivity contribution in [3.8, 4) is 0 Å². The summed E-state index contributed by atoms with van der Waals surface area (Å²) in [5, 5.41) is 3.04. The van der Waals surface area contributed by atoms with Gasteiger partial charge in [-0.2, -0.15) is 8.78 Å². The van der Waals surface area contributed by atoms with Crippen LogP contribution in [0.2, 0.25) is 0 Å². The van der Waals surface area contributed by atoms with Gasteiger partial charge in [-0.1, -0.05) is 30.4 Å². The third-order valence-corrected chi connectivity index (χ3v) is 7.94. The number of hydrogen-bond donors (Lipinski definition) is 2. The van der Waals surface area contributed by atoms with Crippen molar-refractivity contribution in [3.63, 3.8) is 0 Å². The minimum absolute atomic E-state index is 0.0384. The molecule has 2 N–H and O–H groups in total. The molecule has 2 bridgehead atoms. The van der Waals surface area contributed by atoms with Crippen LogP contribution in [0.4, 0.5) is 8.78 Å². The number of halogens is 2. The standard InChI is InChI=1S/C24H21F2N5O3S/c1-35(27,33)19-9-8-13(12-28-19)24(34-23(25)26)10-4-5-14-20(24)18-11-16(30-22(14)32)21-29-15-6-2-3-7-17(15)31(18)21/h2-9,12,16,18,23,27H,10-11H2,1H3,(H,30,32)/t16-,18-,24?,35?/m1/s1. The lowest BCUT2D eigenvalue weighted by atomic mass is 9.74. The molecule has 11 heteroatoms. The number of hydrogen-bond acceptors (Lipinski definition) is 6. The van der Waals surface area contributed by atoms with Crippen LogP contribution < -0.4 is 5.32 Å². The highest BCUT2D eigenvalue weighted by Gasteiger charge is 2.52. The van der Waals surface area contributed by atoms with Crippen LogP contribution in [0.25, 0.3) is 11.0 Å². The van der Waals surface area contributed by atoms with Crippen LogP contribution >= 0.6 is 0 Å². The van der Waals surface area contributed by atoms with Crippen molar-refractivity contribution in [3.05, 3.63) is 77.3 Å². The zero-order valence-electron chi connectivity index (χ0n) is 18.6. The van der Waals surface area contributed by atoms with Crippen molar-refractivity contribution in [2.24, 2.45) is 0 Å². The fourth-order valence-electron chi connectivity index (χ4n) is 5.54. The highest BCUT2D eigenvalue weighted by Crippen LogP contribution is 2.54. The quantitative estimate of drug-likeness (QED) is 0.567. The summed E-state index contributed by atoms with van der Waals surface area (Å²) < 4.78 is 55.4. The van der Waals surface area contributed by atoms with Gasteiger partial charge in [-0.3, -0.25) is 4.79 Å². The highest BCUT2D eigenvalue weighted by molar-refractivity contribution is 7.91. The van der Waals surface area contributed by atoms with Crippen LogP contribution in [0.3, 0.4) is 0 Å². The Balaban J connectivity index is 1.61. The number of ether oxygens (including phenoxy) is 1. The van der Waals surface area contributed by atoms with E-state index < -0.39 is 28.0 Å². The first-order chi connectivity index (χ1) is 16.7. The van der Waals surface area contributed by atoms with Crippen molar-refractivity contribution in [1.29, 1.82) is 4.78 Å². The Morgan fingerprint density at radius 3 is 2.80 bits per heavy atom. The third kappa shape index (κ3) is 3.25. The number of rotatable bonds is 4. The van der Waals surface area contributed by atoms with E-state index in [-0.39, 0.29) is 29.0 Å². The van der Waals surface area contributed by atoms with E-state index >= 15 is 0 Å². The molecule has 0 spiro atoms. The number of amides is 1. The first-order valence-electron chi connectivity index (χ1n) is 11.0. The second-order valence-corrected chi connectivity index (χ2v) is 11.1. The number of imidazole rings is 1. The van der Waals surface area contributed by atoms with E-state index in [4.69, 9.17) is 14.5 Å². The van der Waals surface area contributed by atoms with Crippen LogP contribution in [-0.4, -0.2) is 37.5 Å². The molecule has 0 saturated heterocycles. The lowest BCUT2D eigenvalue weighted by Crippen LogP contribution is -2.40. The van der Waals surface area contributed by atoms with Crippen LogP contribution in [-0.2, 0) is 24.9 Å². The number of para-hydroxylation sites is 2. The molecule has 0 fully saturated rings. The van der Waals surface area contributed by atoms with Gasteiger partial charge in [0.25, 0.3) is 5.91 Å². The molecular weight excluding hydrogens is 476 g/mol. The Morgan fingerprint density at radius 1 is 1.29 bits per heavy atom. The number of carbonyl (C=O) groups excluding carboxylic acids is 1. The minimum atomic E-state index is -3.14. The molecule has 180 valence electrons. The Kier molecular flexibility index (Phi) is 4.74. The predicted molar refractivity (Wildman–Crippen MR) is 123 cm³/mol. The molecule has 1 amide bonds. The van der Waals surface area contributed by atoms with Gasteiger partial charge in [-0.05, 0) is 24.6 Å². The van der Waals surface area contributed by atoms with Gasteiger partial charge in [-0.25, -0.2) is 19.0 Å². The van der Waals surface area contributed by atoms with Crippen molar-refractivity contribution < 1.29 is 22.5 Å². The van der Waals surface area contributed by atoms with E-state index in [1.807, 2.05) is 28.8 Å². The average molecular weight is 498 g/mol. The van der Waals surface area contributed by atoms with Crippen molar-refractivity contribution in [1.82, 2.24) is 19.9 Å². The number of nitrogens with zero attached hydrogens (tertiary/aromatic N) is 3. The number of nitrogens with one attached hydrogen (secondary N) is 2. The number of pyridine rings is 1. The van der Waals surface area contributed by atoms with Crippen molar-refractivity contribution >= 4 is 26.7 Å². The second-order valence-electron chi connectivity index (χ2n) is 8.97. The number of aromatic nitrogens is 3. The van der Waals surface area contributed by atoms with Gasteiger partial charge in [0.05, 0.1) is 32.8 Å². The lowest BCUT2D eigenvalue weighted by Gasteiger charge is -2.41. The van der Waals surface area contributed by atoms with Gasteiger partial charge in [0, 0.05) is 35.6 Å². The molecule has 8 nitrogen and oxygen atoms in total. The molecule has 0 saturated carbocycles. The Labute approximate surface area is 199 Å². The average Bonchev–Trinajstić information content (AvgIpc) is 3.30. The van der Waals surface area contributed by atoms with Crippen LogP contribution in [0, 0.1) is 4.78 Å². The van der Waals surface area contributed by atoms with Crippen LogP contribution in [0.1, 0.15) is 36.3 Å². The molecule has 2 aromatic heterocycles. The summed E-state index contributed by atoms with van der Waals surface area (Å²) in [5.74, 6) is 0.293. The predicted octanol–water partition coefficient (Wildman–Crippen LogP) is 3.97. The molecular formula is C24H21F2N5O3S. The van der Waals surface area contributed by atoms with Crippen molar-refractivity contribution in [2.45, 2.75) is 42.2 Å². The molecule has 4 atom stereocenters. The summed E-state index contributed by atoms with van der Waals surface area (Å²) in [6, 6.07) is 9.61. The van der Waals surface area contributed by atoms with Gasteiger partial charge < -0.3 is 14.6 Å². The summed E-state index contributed by atoms with van der Waals surface area (Å²) in [7, 11) is -3.10. The van der Waals surface area contributed by atoms with Gasteiger partial charge in [0.1, 0.15) is 16.5 Å². The Hall–Kier alpha value is -3.44. The fourth-order valence-corrected chi connectivity index (χ4v) is 6.12. The molecule has 0 radical (unpaired) electrons. The SMILES string of the molecule is CS(=N)(=O)c1ccc(C2(OC(F)F)CC=CC3=C2[C@H]2C[C@@H](NC3=O)c3nc4ccccc4n32)cn1. The highest BCUT2D eigenvalue weighted by atomic mass is 32.2. The van der Waals surface area contributed by atoms with E-state index in [9.17, 15) is 17.8 Å². The first kappa shape index (κ1) is 22.1. The van der Waals surface area contributed by atoms with E-state index in [1.54, 1.807) is 12.2 Å². The zero-order chi connectivity index (χ0) is 24.5. The monoisotopic (exact) mass is 497 g/mol. The van der Waals surface area contributed by atoms with E-state index in [1.165, 1.54) is 24.6 Å². The second kappa shape index (κ2) is 7.53. The van der Waals surface area contributed by atoms with Crippen LogP contribution in [0.5, 0.6) is 0 Å². The van der Waals surface area contributed by atoms with Gasteiger partial charge >= 0.3 is 6.61 Å². The van der Waals surface area contributed by atoms with Gasteiger partial charge in [0.15, 0.2) is 0 Å². The largest absolute Gasteiger partial charge is 0.346 e. The summed E-state index contributed by atoms with van der Waals surface area (Å²) in [4.78, 5) is 22.1. The lowest BCUT2D eigenvalue weighted by molar-refractivity contribution is -0.202. The maximum atomic E-state index is 14.0. The number of alkyl halides is 2. The first-order valence-corrected chi connectivity index (χ1v) is 13.0. The van der Waals surface area contributed by atoms with E-state index in [0.717, 1.165) is 11.0 Å². The zero-order valence-corrected chi connectivity index (χ0v) is 19.4. The molecule has 1 aromatic carbocycles. The van der Waals surface area contributed by atoms with E-state index in [0.29, 0.717) is 23.4 Å². The molecule has 3 aliphatic rings. The van der Waals surface area contributed by atoms with E-state index in [2.05, 4.69) is 10.3 Å². The molecule has 1 aliphatic carbocycles. The van der Waals surface area contributed by atoms with Crippen molar-refractivity contribution in [2.75, 3.05) is 6.26 Å². The maximum Gasteiger partial charge on any atom is 0.346 e. The molecule has 2 aliphatic heterocycles. The van der Waals surface area contributed by atoms with Crippen LogP contribution in [0.15, 0.2) is 70.9 Å². The minimum Gasteiger partial charge on any atom is -0.342 e. The number of carbonyl (C=O) groups is 1. The third-order valence-electron chi connectivity index (χ3n) is 6.90. The summed E-state index contributed by atoms with van der Waals surface area (Å²) in [5.41, 5.74) is 0.889. The van der Waals surface area contributed by atoms with Gasteiger partial charge in [-0.15, -0.1) is 0 Å². The summed E-state index contributed by atoms with van der Waals surface area (Å²) >= 11 is 0.